The Bertz CT molecular complexity index is 1690. The van der Waals surface area contributed by atoms with Gasteiger partial charge in [0.15, 0.2) is 0 Å². The molecule has 0 aliphatic carbocycles. The molecule has 3 saturated heterocycles. The smallest absolute Gasteiger partial charge is 0.250 e. The topological polar surface area (TPSA) is 130 Å². The number of benzene rings is 2. The Morgan fingerprint density at radius 3 is 2.52 bits per heavy atom. The number of aliphatic hydroxyl groups excluding tert-OH is 1. The molecule has 48 heavy (non-hydrogen) atoms. The van der Waals surface area contributed by atoms with Gasteiger partial charge in [0.25, 0.3) is 0 Å². The number of fused-ring (bicyclic) bond motifs is 2. The number of hydrogen-bond donors (Lipinski definition) is 1. The Morgan fingerprint density at radius 2 is 1.85 bits per heavy atom. The molecular formula is C36H44N6O6. The molecule has 3 amide bonds. The minimum atomic E-state index is -1.25. The van der Waals surface area contributed by atoms with Gasteiger partial charge in [0.1, 0.15) is 29.6 Å². The lowest BCUT2D eigenvalue weighted by Crippen LogP contribution is -2.59. The first-order valence-corrected chi connectivity index (χ1v) is 16.6. The molecule has 3 fully saturated rings. The van der Waals surface area contributed by atoms with Crippen molar-refractivity contribution in [1.29, 1.82) is 0 Å². The zero-order valence-corrected chi connectivity index (χ0v) is 27.8. The molecule has 254 valence electrons. The standard InChI is InChI=1S/C36H44N6O6/c1-6-19-39(22-41-27-12-10-9-11-26(27)37-38-41)35(46)32-36-18-17-29(48-36)30(31(36)34(45)42(32)28(21-43)23(4)5)33(44)40(20-7-2)24-13-15-25(16-14-24)47-8-3/h6-7,9-16,23,28-32,43H,1-2,8,17-22H2,3-5H3/t28-,29-,30+,31-,32?,36?/m0/s1. The molecule has 1 spiro atoms. The lowest BCUT2D eigenvalue weighted by atomic mass is 9.70. The summed E-state index contributed by atoms with van der Waals surface area (Å²) in [6.45, 7) is 14.1. The third kappa shape index (κ3) is 5.46. The summed E-state index contributed by atoms with van der Waals surface area (Å²) in [7, 11) is 0. The molecule has 3 aromatic rings. The molecule has 4 heterocycles. The van der Waals surface area contributed by atoms with Gasteiger partial charge in [0, 0.05) is 18.8 Å². The van der Waals surface area contributed by atoms with Crippen LogP contribution in [0.3, 0.4) is 0 Å². The van der Waals surface area contributed by atoms with Gasteiger partial charge in [-0.15, -0.1) is 18.3 Å². The van der Waals surface area contributed by atoms with Crippen LogP contribution in [-0.4, -0.2) is 97.7 Å². The lowest BCUT2D eigenvalue weighted by molar-refractivity contribution is -0.153. The van der Waals surface area contributed by atoms with Gasteiger partial charge in [-0.2, -0.15) is 0 Å². The molecular weight excluding hydrogens is 612 g/mol. The summed E-state index contributed by atoms with van der Waals surface area (Å²) >= 11 is 0. The third-order valence-electron chi connectivity index (χ3n) is 9.99. The molecule has 12 nitrogen and oxygen atoms in total. The van der Waals surface area contributed by atoms with E-state index in [0.717, 1.165) is 5.52 Å². The van der Waals surface area contributed by atoms with Gasteiger partial charge in [-0.3, -0.25) is 14.4 Å². The fourth-order valence-electron chi connectivity index (χ4n) is 7.88. The number of carbonyl (C=O) groups is 3. The van der Waals surface area contributed by atoms with Crippen molar-refractivity contribution in [3.8, 4) is 5.75 Å². The number of aromatic nitrogens is 3. The highest BCUT2D eigenvalue weighted by Gasteiger charge is 2.75. The predicted octanol–water partition coefficient (Wildman–Crippen LogP) is 3.41. The average Bonchev–Trinajstić information content (AvgIpc) is 3.83. The van der Waals surface area contributed by atoms with Crippen LogP contribution in [-0.2, 0) is 25.8 Å². The number of aliphatic hydroxyl groups is 1. The van der Waals surface area contributed by atoms with Gasteiger partial charge in [-0.05, 0) is 62.1 Å². The number of likely N-dealkylation sites (tertiary alicyclic amines) is 1. The molecule has 0 radical (unpaired) electrons. The van der Waals surface area contributed by atoms with Crippen LogP contribution in [0.25, 0.3) is 11.0 Å². The Balaban J connectivity index is 1.39. The number of rotatable bonds is 14. The SMILES string of the molecule is C=CCN(Cn1nnc2ccccc21)C(=O)C1N([C@@H](CO)C(C)C)C(=O)[C@@H]2[C@H](C(=O)N(CC=C)c3ccc(OCC)cc3)[C@@H]3CCC12O3. The van der Waals surface area contributed by atoms with Crippen LogP contribution >= 0.6 is 0 Å². The van der Waals surface area contributed by atoms with Crippen LogP contribution in [0.15, 0.2) is 73.8 Å². The first-order valence-electron chi connectivity index (χ1n) is 16.6. The van der Waals surface area contributed by atoms with Gasteiger partial charge in [0.2, 0.25) is 17.7 Å². The van der Waals surface area contributed by atoms with Gasteiger partial charge >= 0.3 is 0 Å². The zero-order valence-electron chi connectivity index (χ0n) is 27.8. The summed E-state index contributed by atoms with van der Waals surface area (Å²) in [5.41, 5.74) is 0.841. The van der Waals surface area contributed by atoms with Gasteiger partial charge in [-0.25, -0.2) is 4.68 Å². The first-order chi connectivity index (χ1) is 23.2. The molecule has 3 aliphatic rings. The van der Waals surface area contributed by atoms with Crippen LogP contribution in [0, 0.1) is 17.8 Å². The van der Waals surface area contributed by atoms with E-state index >= 15 is 0 Å². The summed E-state index contributed by atoms with van der Waals surface area (Å²) in [6.07, 6.45) is 3.68. The molecule has 0 saturated carbocycles. The number of amides is 3. The monoisotopic (exact) mass is 656 g/mol. The number of carbonyl (C=O) groups excluding carboxylic acids is 3. The van der Waals surface area contributed by atoms with E-state index in [4.69, 9.17) is 9.47 Å². The maximum Gasteiger partial charge on any atom is 0.250 e. The van der Waals surface area contributed by atoms with Crippen molar-refractivity contribution in [2.45, 2.75) is 64.1 Å². The van der Waals surface area contributed by atoms with E-state index < -0.39 is 35.6 Å². The van der Waals surface area contributed by atoms with E-state index in [-0.39, 0.29) is 50.0 Å². The van der Waals surface area contributed by atoms with E-state index in [0.29, 0.717) is 36.4 Å². The number of hydrogen-bond acceptors (Lipinski definition) is 8. The second-order valence-corrected chi connectivity index (χ2v) is 13.0. The Morgan fingerprint density at radius 1 is 1.12 bits per heavy atom. The van der Waals surface area contributed by atoms with Crippen molar-refractivity contribution in [3.63, 3.8) is 0 Å². The molecule has 2 aromatic carbocycles. The van der Waals surface area contributed by atoms with Gasteiger partial charge in [-0.1, -0.05) is 43.3 Å². The average molecular weight is 657 g/mol. The minimum Gasteiger partial charge on any atom is -0.494 e. The normalized spacial score (nSPS) is 24.9. The molecule has 3 aliphatic heterocycles. The molecule has 12 heteroatoms. The predicted molar refractivity (Wildman–Crippen MR) is 180 cm³/mol. The molecule has 1 aromatic heterocycles. The van der Waals surface area contributed by atoms with Crippen molar-refractivity contribution >= 4 is 34.4 Å². The van der Waals surface area contributed by atoms with E-state index in [1.165, 1.54) is 4.90 Å². The van der Waals surface area contributed by atoms with Crippen LogP contribution in [0.4, 0.5) is 5.69 Å². The second-order valence-electron chi connectivity index (χ2n) is 13.0. The molecule has 6 rings (SSSR count). The van der Waals surface area contributed by atoms with Gasteiger partial charge < -0.3 is 29.3 Å². The van der Waals surface area contributed by atoms with Crippen LogP contribution < -0.4 is 9.64 Å². The zero-order chi connectivity index (χ0) is 34.2. The van der Waals surface area contributed by atoms with Crippen molar-refractivity contribution in [1.82, 2.24) is 24.8 Å². The Hall–Kier alpha value is -4.55. The third-order valence-corrected chi connectivity index (χ3v) is 9.99. The van der Waals surface area contributed by atoms with Crippen molar-refractivity contribution in [3.05, 3.63) is 73.8 Å². The lowest BCUT2D eigenvalue weighted by Gasteiger charge is -2.40. The van der Waals surface area contributed by atoms with E-state index in [1.54, 1.807) is 38.8 Å². The van der Waals surface area contributed by atoms with E-state index in [9.17, 15) is 19.5 Å². The Kier molecular flexibility index (Phi) is 9.39. The fourth-order valence-corrected chi connectivity index (χ4v) is 7.88. The van der Waals surface area contributed by atoms with Crippen molar-refractivity contribution in [2.75, 3.05) is 31.2 Å². The molecule has 2 bridgehead atoms. The molecule has 1 N–H and O–H groups in total. The number of para-hydroxylation sites is 1. The molecule has 6 atom stereocenters. The maximum absolute atomic E-state index is 14.9. The maximum atomic E-state index is 14.9. The van der Waals surface area contributed by atoms with Crippen LogP contribution in [0.5, 0.6) is 5.75 Å². The number of anilines is 1. The summed E-state index contributed by atoms with van der Waals surface area (Å²) in [4.78, 5) is 48.9. The van der Waals surface area contributed by atoms with Crippen LogP contribution in [0.1, 0.15) is 33.6 Å². The summed E-state index contributed by atoms with van der Waals surface area (Å²) in [6, 6.07) is 13.0. The highest BCUT2D eigenvalue weighted by molar-refractivity contribution is 6.03. The minimum absolute atomic E-state index is 0.0623. The van der Waals surface area contributed by atoms with Gasteiger partial charge in [0.05, 0.1) is 42.7 Å². The summed E-state index contributed by atoms with van der Waals surface area (Å²) in [5.74, 6) is -2.19. The largest absolute Gasteiger partial charge is 0.494 e. The quantitative estimate of drug-likeness (QED) is 0.262. The number of nitrogens with zero attached hydrogens (tertiary/aromatic N) is 6. The van der Waals surface area contributed by atoms with E-state index in [1.807, 2.05) is 57.2 Å². The Labute approximate surface area is 280 Å². The van der Waals surface area contributed by atoms with E-state index in [2.05, 4.69) is 23.5 Å². The molecule has 2 unspecified atom stereocenters. The van der Waals surface area contributed by atoms with Crippen molar-refractivity contribution in [2.24, 2.45) is 17.8 Å². The van der Waals surface area contributed by atoms with Crippen LogP contribution in [0.2, 0.25) is 0 Å². The number of ether oxygens (including phenoxy) is 2. The summed E-state index contributed by atoms with van der Waals surface area (Å²) in [5, 5.41) is 19.2. The highest BCUT2D eigenvalue weighted by atomic mass is 16.5. The highest BCUT2D eigenvalue weighted by Crippen LogP contribution is 2.59. The second kappa shape index (κ2) is 13.5. The first kappa shape index (κ1) is 33.4. The summed E-state index contributed by atoms with van der Waals surface area (Å²) < 4.78 is 14.0. The van der Waals surface area contributed by atoms with Crippen molar-refractivity contribution < 1.29 is 29.0 Å². The fraction of sp³-hybridized carbons (Fsp3) is 0.472.